The minimum absolute atomic E-state index is 0.210. The fourth-order valence-electron chi connectivity index (χ4n) is 2.17. The number of nitrogens with zero attached hydrogens (tertiary/aromatic N) is 1. The molecule has 1 aliphatic rings. The van der Waals surface area contributed by atoms with Crippen LogP contribution in [0.4, 0.5) is 13.2 Å². The molecule has 0 aromatic carbocycles. The lowest BCUT2D eigenvalue weighted by molar-refractivity contribution is -0.175. The summed E-state index contributed by atoms with van der Waals surface area (Å²) in [5.41, 5.74) is 0. The third-order valence-corrected chi connectivity index (χ3v) is 3.20. The lowest BCUT2D eigenvalue weighted by Crippen LogP contribution is -2.50. The molecule has 1 aliphatic heterocycles. The molecule has 0 bridgehead atoms. The summed E-state index contributed by atoms with van der Waals surface area (Å²) in [6.07, 6.45) is -3.61. The van der Waals surface area contributed by atoms with Crippen LogP contribution in [0, 0.1) is 5.92 Å². The van der Waals surface area contributed by atoms with Gasteiger partial charge >= 0.3 is 12.1 Å². The number of carboxylic acid groups (broad SMARTS) is 1. The van der Waals surface area contributed by atoms with Gasteiger partial charge in [0.15, 0.2) is 0 Å². The molecule has 20 heavy (non-hydrogen) atoms. The first-order valence-corrected chi connectivity index (χ1v) is 6.37. The molecule has 1 heterocycles. The molecule has 0 radical (unpaired) electrons. The highest BCUT2D eigenvalue weighted by atomic mass is 19.4. The second kappa shape index (κ2) is 6.92. The van der Waals surface area contributed by atoms with Gasteiger partial charge in [-0.25, -0.2) is 4.79 Å². The summed E-state index contributed by atoms with van der Waals surface area (Å²) in [4.78, 5) is 24.2. The van der Waals surface area contributed by atoms with Crippen molar-refractivity contribution in [3.8, 4) is 0 Å². The third kappa shape index (κ3) is 5.36. The predicted molar refractivity (Wildman–Crippen MR) is 63.0 cm³/mol. The van der Waals surface area contributed by atoms with Crippen molar-refractivity contribution >= 4 is 11.9 Å². The number of carboxylic acids is 1. The molecule has 1 rings (SSSR count). The van der Waals surface area contributed by atoms with Crippen molar-refractivity contribution < 1.29 is 32.6 Å². The van der Waals surface area contributed by atoms with E-state index in [1.54, 1.807) is 0 Å². The van der Waals surface area contributed by atoms with Gasteiger partial charge in [-0.15, -0.1) is 0 Å². The maximum Gasteiger partial charge on any atom is 0.411 e. The molecule has 1 amide bonds. The molecule has 116 valence electrons. The molecule has 0 aliphatic carbocycles. The van der Waals surface area contributed by atoms with E-state index in [-0.39, 0.29) is 18.9 Å². The lowest BCUT2D eigenvalue weighted by atomic mass is 9.92. The number of hydrogen-bond donors (Lipinski definition) is 1. The average molecular weight is 297 g/mol. The average Bonchev–Trinajstić information content (AvgIpc) is 2.33. The number of alkyl halides is 3. The van der Waals surface area contributed by atoms with Crippen LogP contribution in [0.2, 0.25) is 0 Å². The summed E-state index contributed by atoms with van der Waals surface area (Å²) in [6.45, 7) is 0.455. The molecule has 1 fully saturated rings. The molecule has 0 saturated carbocycles. The van der Waals surface area contributed by atoms with Gasteiger partial charge in [0.05, 0.1) is 13.0 Å². The van der Waals surface area contributed by atoms with Gasteiger partial charge in [-0.1, -0.05) is 6.92 Å². The summed E-state index contributed by atoms with van der Waals surface area (Å²) >= 11 is 0. The van der Waals surface area contributed by atoms with Gasteiger partial charge in [0.1, 0.15) is 12.6 Å². The fraction of sp³-hybridized carbons (Fsp3) is 0.833. The zero-order chi connectivity index (χ0) is 15.3. The standard InChI is InChI=1S/C12H18F3NO4/c1-8-2-4-16(9(6-8)11(18)19)10(17)3-5-20-7-12(13,14)15/h8-9H,2-7H2,1H3,(H,18,19). The van der Waals surface area contributed by atoms with Gasteiger partial charge in [0.25, 0.3) is 0 Å². The maximum absolute atomic E-state index is 11.8. The van der Waals surface area contributed by atoms with Crippen LogP contribution in [0.3, 0.4) is 0 Å². The van der Waals surface area contributed by atoms with E-state index < -0.39 is 30.7 Å². The fourth-order valence-corrected chi connectivity index (χ4v) is 2.17. The highest BCUT2D eigenvalue weighted by Crippen LogP contribution is 2.23. The molecular weight excluding hydrogens is 279 g/mol. The minimum Gasteiger partial charge on any atom is -0.480 e. The van der Waals surface area contributed by atoms with Crippen LogP contribution in [0.1, 0.15) is 26.2 Å². The molecule has 0 spiro atoms. The van der Waals surface area contributed by atoms with Crippen molar-refractivity contribution in [1.82, 2.24) is 4.90 Å². The van der Waals surface area contributed by atoms with Crippen LogP contribution in [0.5, 0.6) is 0 Å². The maximum atomic E-state index is 11.8. The number of carbonyl (C=O) groups excluding carboxylic acids is 1. The van der Waals surface area contributed by atoms with Gasteiger partial charge in [-0.2, -0.15) is 13.2 Å². The number of piperidine rings is 1. The van der Waals surface area contributed by atoms with Gasteiger partial charge in [0.2, 0.25) is 5.91 Å². The van der Waals surface area contributed by atoms with E-state index in [1.807, 2.05) is 6.92 Å². The van der Waals surface area contributed by atoms with E-state index in [0.717, 1.165) is 0 Å². The van der Waals surface area contributed by atoms with Crippen LogP contribution in [-0.2, 0) is 14.3 Å². The number of aliphatic carboxylic acids is 1. The number of amides is 1. The van der Waals surface area contributed by atoms with E-state index in [2.05, 4.69) is 4.74 Å². The summed E-state index contributed by atoms with van der Waals surface area (Å²) in [7, 11) is 0. The Bertz CT molecular complexity index is 359. The second-order valence-electron chi connectivity index (χ2n) is 4.99. The first kappa shape index (κ1) is 16.7. The first-order valence-electron chi connectivity index (χ1n) is 6.37. The summed E-state index contributed by atoms with van der Waals surface area (Å²) in [5.74, 6) is -1.35. The number of halogens is 3. The van der Waals surface area contributed by atoms with Crippen molar-refractivity contribution in [3.05, 3.63) is 0 Å². The molecule has 0 aromatic heterocycles. The SMILES string of the molecule is CC1CCN(C(=O)CCOCC(F)(F)F)C(C(=O)O)C1. The Morgan fingerprint density at radius 1 is 1.40 bits per heavy atom. The largest absolute Gasteiger partial charge is 0.480 e. The van der Waals surface area contributed by atoms with E-state index in [9.17, 15) is 22.8 Å². The normalized spacial score (nSPS) is 23.7. The Kier molecular flexibility index (Phi) is 5.79. The summed E-state index contributed by atoms with van der Waals surface area (Å²) < 4.78 is 39.9. The van der Waals surface area contributed by atoms with E-state index >= 15 is 0 Å². The molecule has 2 unspecified atom stereocenters. The molecule has 2 atom stereocenters. The third-order valence-electron chi connectivity index (χ3n) is 3.20. The number of carbonyl (C=O) groups is 2. The first-order chi connectivity index (χ1) is 9.20. The highest BCUT2D eigenvalue weighted by molar-refractivity contribution is 5.83. The Balaban J connectivity index is 2.43. The Morgan fingerprint density at radius 3 is 2.60 bits per heavy atom. The molecule has 0 aromatic rings. The zero-order valence-corrected chi connectivity index (χ0v) is 11.2. The topological polar surface area (TPSA) is 66.8 Å². The van der Waals surface area contributed by atoms with E-state index in [0.29, 0.717) is 19.4 Å². The van der Waals surface area contributed by atoms with Gasteiger partial charge in [-0.3, -0.25) is 4.79 Å². The number of likely N-dealkylation sites (tertiary alicyclic amines) is 1. The van der Waals surface area contributed by atoms with Crippen LogP contribution in [-0.4, -0.2) is 53.9 Å². The molecule has 1 saturated heterocycles. The Morgan fingerprint density at radius 2 is 2.05 bits per heavy atom. The van der Waals surface area contributed by atoms with Crippen molar-refractivity contribution in [1.29, 1.82) is 0 Å². The highest BCUT2D eigenvalue weighted by Gasteiger charge is 2.34. The number of hydrogen-bond acceptors (Lipinski definition) is 3. The van der Waals surface area contributed by atoms with Crippen molar-refractivity contribution in [2.45, 2.75) is 38.4 Å². The van der Waals surface area contributed by atoms with Crippen molar-refractivity contribution in [3.63, 3.8) is 0 Å². The molecule has 5 nitrogen and oxygen atoms in total. The molecule has 8 heteroatoms. The Labute approximate surface area is 114 Å². The van der Waals surface area contributed by atoms with E-state index in [4.69, 9.17) is 5.11 Å². The van der Waals surface area contributed by atoms with Gasteiger partial charge < -0.3 is 14.7 Å². The number of rotatable bonds is 5. The molecular formula is C12H18F3NO4. The predicted octanol–water partition coefficient (Wildman–Crippen LogP) is 1.67. The second-order valence-corrected chi connectivity index (χ2v) is 4.99. The quantitative estimate of drug-likeness (QED) is 0.784. The lowest BCUT2D eigenvalue weighted by Gasteiger charge is -2.36. The Hall–Kier alpha value is -1.31. The van der Waals surface area contributed by atoms with Gasteiger partial charge in [0, 0.05) is 6.54 Å². The van der Waals surface area contributed by atoms with Crippen LogP contribution < -0.4 is 0 Å². The molecule has 1 N–H and O–H groups in total. The van der Waals surface area contributed by atoms with Crippen LogP contribution >= 0.6 is 0 Å². The number of ether oxygens (including phenoxy) is 1. The zero-order valence-electron chi connectivity index (χ0n) is 11.2. The van der Waals surface area contributed by atoms with Gasteiger partial charge in [-0.05, 0) is 18.8 Å². The van der Waals surface area contributed by atoms with Crippen molar-refractivity contribution in [2.75, 3.05) is 19.8 Å². The van der Waals surface area contributed by atoms with Crippen LogP contribution in [0.15, 0.2) is 0 Å². The van der Waals surface area contributed by atoms with Crippen molar-refractivity contribution in [2.24, 2.45) is 5.92 Å². The monoisotopic (exact) mass is 297 g/mol. The minimum atomic E-state index is -4.42. The summed E-state index contributed by atoms with van der Waals surface area (Å²) in [5, 5.41) is 9.08. The summed E-state index contributed by atoms with van der Waals surface area (Å²) in [6, 6.07) is -0.895. The smallest absolute Gasteiger partial charge is 0.411 e. The van der Waals surface area contributed by atoms with E-state index in [1.165, 1.54) is 4.90 Å². The van der Waals surface area contributed by atoms with Crippen LogP contribution in [0.25, 0.3) is 0 Å².